The van der Waals surface area contributed by atoms with Crippen LogP contribution < -0.4 is 11.2 Å². The van der Waals surface area contributed by atoms with E-state index in [0.29, 0.717) is 0 Å². The quantitative estimate of drug-likeness (QED) is 0.575. The topological polar surface area (TPSA) is 92.2 Å². The van der Waals surface area contributed by atoms with Gasteiger partial charge in [-0.2, -0.15) is 12.6 Å². The molecule has 0 aliphatic heterocycles. The van der Waals surface area contributed by atoms with Crippen molar-refractivity contribution in [3.8, 4) is 0 Å². The molecule has 0 aromatic carbocycles. The molecule has 0 aliphatic carbocycles. The standard InChI is InChI=1S/C7H8N2O4S/c10-5-4(6(11)12)3-8-7(13)9(5)1-2-14/h3,14H,1-2H2,(H,8,13)(H,11,12). The fraction of sp³-hybridized carbons (Fsp3) is 0.286. The minimum atomic E-state index is -1.36. The van der Waals surface area contributed by atoms with Crippen LogP contribution in [-0.4, -0.2) is 26.4 Å². The predicted octanol–water partition coefficient (Wildman–Crippen LogP) is -0.835. The van der Waals surface area contributed by atoms with Crippen molar-refractivity contribution < 1.29 is 9.90 Å². The maximum atomic E-state index is 11.3. The van der Waals surface area contributed by atoms with Crippen LogP contribution in [0, 0.1) is 0 Å². The number of aromatic nitrogens is 2. The molecular formula is C7H8N2O4S. The minimum Gasteiger partial charge on any atom is -0.477 e. The Labute approximate surface area is 83.6 Å². The Hall–Kier alpha value is -1.50. The first-order valence-corrected chi connectivity index (χ1v) is 4.38. The molecule has 14 heavy (non-hydrogen) atoms. The van der Waals surface area contributed by atoms with Gasteiger partial charge in [0.15, 0.2) is 0 Å². The first-order valence-electron chi connectivity index (χ1n) is 3.74. The van der Waals surface area contributed by atoms with Crippen molar-refractivity contribution in [2.45, 2.75) is 6.54 Å². The van der Waals surface area contributed by atoms with Crippen LogP contribution in [0.15, 0.2) is 15.8 Å². The maximum Gasteiger partial charge on any atom is 0.342 e. The van der Waals surface area contributed by atoms with Gasteiger partial charge in [0, 0.05) is 18.5 Å². The molecule has 0 bridgehead atoms. The van der Waals surface area contributed by atoms with Crippen molar-refractivity contribution in [2.24, 2.45) is 0 Å². The average Bonchev–Trinajstić information content (AvgIpc) is 2.11. The lowest BCUT2D eigenvalue weighted by Crippen LogP contribution is -2.38. The van der Waals surface area contributed by atoms with Crippen LogP contribution in [0.5, 0.6) is 0 Å². The third kappa shape index (κ3) is 1.87. The number of carboxylic acids is 1. The number of nitrogens with one attached hydrogen (secondary N) is 1. The molecule has 1 heterocycles. The smallest absolute Gasteiger partial charge is 0.342 e. The van der Waals surface area contributed by atoms with Gasteiger partial charge in [0.1, 0.15) is 5.56 Å². The first-order chi connectivity index (χ1) is 6.57. The predicted molar refractivity (Wildman–Crippen MR) is 52.1 cm³/mol. The SMILES string of the molecule is O=C(O)c1c[nH]c(=O)n(CCS)c1=O. The third-order valence-electron chi connectivity index (χ3n) is 1.61. The highest BCUT2D eigenvalue weighted by Gasteiger charge is 2.12. The van der Waals surface area contributed by atoms with Crippen LogP contribution in [0.25, 0.3) is 0 Å². The lowest BCUT2D eigenvalue weighted by molar-refractivity contribution is 0.0693. The highest BCUT2D eigenvalue weighted by Crippen LogP contribution is 1.86. The van der Waals surface area contributed by atoms with Gasteiger partial charge in [-0.3, -0.25) is 9.36 Å². The zero-order chi connectivity index (χ0) is 10.7. The molecule has 6 nitrogen and oxygen atoms in total. The van der Waals surface area contributed by atoms with Crippen molar-refractivity contribution in [1.29, 1.82) is 0 Å². The summed E-state index contributed by atoms with van der Waals surface area (Å²) in [6, 6.07) is 0. The summed E-state index contributed by atoms with van der Waals surface area (Å²) in [6.45, 7) is 0.0817. The van der Waals surface area contributed by atoms with E-state index in [1.807, 2.05) is 0 Å². The molecule has 0 unspecified atom stereocenters. The molecule has 1 aromatic rings. The number of thiol groups is 1. The van der Waals surface area contributed by atoms with Crippen LogP contribution in [0.2, 0.25) is 0 Å². The zero-order valence-electron chi connectivity index (χ0n) is 7.06. The van der Waals surface area contributed by atoms with E-state index in [-0.39, 0.29) is 12.3 Å². The number of aromatic carboxylic acids is 1. The highest BCUT2D eigenvalue weighted by atomic mass is 32.1. The number of aromatic amines is 1. The zero-order valence-corrected chi connectivity index (χ0v) is 7.95. The molecule has 0 spiro atoms. The van der Waals surface area contributed by atoms with Crippen LogP contribution in [-0.2, 0) is 6.54 Å². The summed E-state index contributed by atoms with van der Waals surface area (Å²) in [5.41, 5.74) is -1.89. The summed E-state index contributed by atoms with van der Waals surface area (Å²) in [6.07, 6.45) is 0.891. The summed E-state index contributed by atoms with van der Waals surface area (Å²) in [7, 11) is 0. The van der Waals surface area contributed by atoms with Crippen LogP contribution in [0.1, 0.15) is 10.4 Å². The van der Waals surface area contributed by atoms with E-state index in [4.69, 9.17) is 5.11 Å². The van der Waals surface area contributed by atoms with E-state index in [1.54, 1.807) is 0 Å². The Morgan fingerprint density at radius 1 is 1.57 bits per heavy atom. The van der Waals surface area contributed by atoms with Crippen molar-refractivity contribution in [1.82, 2.24) is 9.55 Å². The Morgan fingerprint density at radius 2 is 2.21 bits per heavy atom. The highest BCUT2D eigenvalue weighted by molar-refractivity contribution is 7.80. The summed E-state index contributed by atoms with van der Waals surface area (Å²) in [4.78, 5) is 35.1. The number of hydrogen-bond donors (Lipinski definition) is 3. The van der Waals surface area contributed by atoms with E-state index in [1.165, 1.54) is 0 Å². The van der Waals surface area contributed by atoms with E-state index in [2.05, 4.69) is 17.6 Å². The molecule has 0 atom stereocenters. The molecule has 76 valence electrons. The van der Waals surface area contributed by atoms with E-state index in [0.717, 1.165) is 10.8 Å². The van der Waals surface area contributed by atoms with Crippen LogP contribution >= 0.6 is 12.6 Å². The van der Waals surface area contributed by atoms with Gasteiger partial charge in [-0.05, 0) is 0 Å². The molecule has 0 fully saturated rings. The van der Waals surface area contributed by atoms with Crippen molar-refractivity contribution in [3.63, 3.8) is 0 Å². The second-order valence-electron chi connectivity index (χ2n) is 2.49. The molecule has 2 N–H and O–H groups in total. The first kappa shape index (κ1) is 10.6. The molecule has 0 amide bonds. The third-order valence-corrected chi connectivity index (χ3v) is 1.81. The van der Waals surface area contributed by atoms with E-state index >= 15 is 0 Å². The largest absolute Gasteiger partial charge is 0.477 e. The summed E-state index contributed by atoms with van der Waals surface area (Å²) < 4.78 is 0.802. The maximum absolute atomic E-state index is 11.3. The van der Waals surface area contributed by atoms with Crippen molar-refractivity contribution in [3.05, 3.63) is 32.6 Å². The normalized spacial score (nSPS) is 10.1. The summed E-state index contributed by atoms with van der Waals surface area (Å²) in [5.74, 6) is -1.08. The fourth-order valence-electron chi connectivity index (χ4n) is 0.967. The van der Waals surface area contributed by atoms with Gasteiger partial charge in [-0.1, -0.05) is 0 Å². The summed E-state index contributed by atoms with van der Waals surface area (Å²) in [5, 5.41) is 8.59. The van der Waals surface area contributed by atoms with Gasteiger partial charge in [-0.15, -0.1) is 0 Å². The van der Waals surface area contributed by atoms with Crippen LogP contribution in [0.3, 0.4) is 0 Å². The van der Waals surface area contributed by atoms with Gasteiger partial charge in [-0.25, -0.2) is 9.59 Å². The number of carbonyl (C=O) groups is 1. The number of hydrogen-bond acceptors (Lipinski definition) is 4. The van der Waals surface area contributed by atoms with Gasteiger partial charge in [0.25, 0.3) is 5.56 Å². The fourth-order valence-corrected chi connectivity index (χ4v) is 1.17. The minimum absolute atomic E-state index is 0.0817. The number of carboxylic acid groups (broad SMARTS) is 1. The molecule has 0 saturated carbocycles. The average molecular weight is 216 g/mol. The Balaban J connectivity index is 3.42. The van der Waals surface area contributed by atoms with Crippen molar-refractivity contribution in [2.75, 3.05) is 5.75 Å². The number of nitrogens with zero attached hydrogens (tertiary/aromatic N) is 1. The lowest BCUT2D eigenvalue weighted by Gasteiger charge is -2.01. The molecule has 0 saturated heterocycles. The van der Waals surface area contributed by atoms with Crippen molar-refractivity contribution >= 4 is 18.6 Å². The molecule has 0 aliphatic rings. The second kappa shape index (κ2) is 4.14. The Bertz CT molecular complexity index is 461. The molecule has 0 radical (unpaired) electrons. The molecule has 1 rings (SSSR count). The second-order valence-corrected chi connectivity index (χ2v) is 2.94. The molecule has 7 heteroatoms. The monoisotopic (exact) mass is 216 g/mol. The Kier molecular flexibility index (Phi) is 3.13. The summed E-state index contributed by atoms with van der Waals surface area (Å²) >= 11 is 3.85. The van der Waals surface area contributed by atoms with E-state index in [9.17, 15) is 14.4 Å². The number of rotatable bonds is 3. The number of H-pyrrole nitrogens is 1. The lowest BCUT2D eigenvalue weighted by atomic mass is 10.3. The van der Waals surface area contributed by atoms with Gasteiger partial charge in [0.05, 0.1) is 0 Å². The van der Waals surface area contributed by atoms with E-state index < -0.39 is 22.8 Å². The van der Waals surface area contributed by atoms with Gasteiger partial charge in [0.2, 0.25) is 0 Å². The molecule has 1 aromatic heterocycles. The van der Waals surface area contributed by atoms with Crippen LogP contribution in [0.4, 0.5) is 0 Å². The Morgan fingerprint density at radius 3 is 2.71 bits per heavy atom. The van der Waals surface area contributed by atoms with Gasteiger partial charge >= 0.3 is 11.7 Å². The molecular weight excluding hydrogens is 208 g/mol. The van der Waals surface area contributed by atoms with Gasteiger partial charge < -0.3 is 10.1 Å².